The summed E-state index contributed by atoms with van der Waals surface area (Å²) in [6.07, 6.45) is -0.146. The van der Waals surface area contributed by atoms with Gasteiger partial charge in [-0.15, -0.1) is 0 Å². The van der Waals surface area contributed by atoms with Crippen LogP contribution in [0.4, 0.5) is 0 Å². The number of carbonyl (C=O) groups is 2. The van der Waals surface area contributed by atoms with E-state index in [-0.39, 0.29) is 36.9 Å². The van der Waals surface area contributed by atoms with Gasteiger partial charge in [-0.3, -0.25) is 0 Å². The molecule has 9 heteroatoms. The second-order valence-electron chi connectivity index (χ2n) is 8.43. The summed E-state index contributed by atoms with van der Waals surface area (Å²) in [4.78, 5) is 27.8. The maximum absolute atomic E-state index is 13.5. The zero-order valence-corrected chi connectivity index (χ0v) is 23.0. The Morgan fingerprint density at radius 2 is 1.76 bits per heavy atom. The van der Waals surface area contributed by atoms with Crippen LogP contribution in [-0.2, 0) is 24.3 Å². The van der Waals surface area contributed by atoms with Crippen molar-refractivity contribution in [2.75, 3.05) is 33.8 Å². The van der Waals surface area contributed by atoms with Crippen LogP contribution in [0, 0.1) is 12.3 Å². The van der Waals surface area contributed by atoms with Gasteiger partial charge in [-0.25, -0.2) is 0 Å². The van der Waals surface area contributed by atoms with Crippen LogP contribution in [0.25, 0.3) is 0 Å². The number of carbonyl (C=O) groups excluding carboxylic acids is 2. The molecule has 3 rings (SSSR count). The van der Waals surface area contributed by atoms with Gasteiger partial charge in [0.05, 0.1) is 0 Å². The first kappa shape index (κ1) is 26.4. The van der Waals surface area contributed by atoms with Crippen LogP contribution in [-0.4, -0.2) is 84.2 Å². The van der Waals surface area contributed by atoms with Crippen molar-refractivity contribution in [3.05, 3.63) is 69.9 Å². The molecule has 7 nitrogen and oxygen atoms in total. The zero-order valence-electron chi connectivity index (χ0n) is 19.9. The van der Waals surface area contributed by atoms with E-state index in [4.69, 9.17) is 4.74 Å². The average molecular weight is 598 g/mol. The van der Waals surface area contributed by atoms with Gasteiger partial charge >= 0.3 is 213 Å². The summed E-state index contributed by atoms with van der Waals surface area (Å²) in [6.45, 7) is 3.66. The summed E-state index contributed by atoms with van der Waals surface area (Å²) < 4.78 is 36.9. The third-order valence-corrected chi connectivity index (χ3v) is 10.3. The minimum absolute atomic E-state index is 0.0489. The van der Waals surface area contributed by atoms with Crippen LogP contribution >= 0.6 is 0 Å². The quantitative estimate of drug-likeness (QED) is 0.343. The topological polar surface area (TPSA) is 84.0 Å². The van der Waals surface area contributed by atoms with Gasteiger partial charge in [-0.1, -0.05) is 0 Å². The first-order chi connectivity index (χ1) is 16.1. The molecule has 34 heavy (non-hydrogen) atoms. The monoisotopic (exact) mass is 600 g/mol. The zero-order chi connectivity index (χ0) is 24.9. The molecule has 2 aromatic rings. The molecule has 1 aliphatic heterocycles. The molecule has 182 valence electrons. The second kappa shape index (κ2) is 11.0. The minimum atomic E-state index is -3.87. The fraction of sp³-hybridized carbons (Fsp3) is 0.360. The number of hydrogen-bond donors (Lipinski definition) is 0. The van der Waals surface area contributed by atoms with E-state index in [0.29, 0.717) is 5.57 Å². The Labute approximate surface area is 211 Å². The van der Waals surface area contributed by atoms with Gasteiger partial charge in [0.2, 0.25) is 0 Å². The molecule has 1 fully saturated rings. The van der Waals surface area contributed by atoms with Gasteiger partial charge in [-0.05, 0) is 0 Å². The van der Waals surface area contributed by atoms with E-state index in [9.17, 15) is 18.0 Å². The Balaban J connectivity index is 2.08. The Hall–Kier alpha value is -2.18. The van der Waals surface area contributed by atoms with Gasteiger partial charge in [0, 0.05) is 0 Å². The number of ether oxygens (including phenoxy) is 1. The standard InChI is InChI=1S/C25H30N2O5STe/c1-5-32-24(29)25(15-23(28)26(3)4)18-27(33(30,31)21-13-11-19(2)12-14-21)16-20(25)17-34-22-9-7-6-8-10-22/h6-14,17H,5,15-16,18H2,1-4H3/b20-17+. The van der Waals surface area contributed by atoms with Crippen LogP contribution in [0.3, 0.4) is 0 Å². The van der Waals surface area contributed by atoms with Crippen molar-refractivity contribution in [2.45, 2.75) is 25.2 Å². The number of rotatable bonds is 8. The van der Waals surface area contributed by atoms with E-state index < -0.39 is 42.3 Å². The number of benzene rings is 2. The summed E-state index contributed by atoms with van der Waals surface area (Å²) in [5.74, 6) is -0.813. The van der Waals surface area contributed by atoms with Gasteiger partial charge < -0.3 is 0 Å². The average Bonchev–Trinajstić information content (AvgIpc) is 3.19. The molecular weight excluding hydrogens is 568 g/mol. The fourth-order valence-corrected chi connectivity index (χ4v) is 7.77. The van der Waals surface area contributed by atoms with Crippen LogP contribution in [0.15, 0.2) is 69.2 Å². The van der Waals surface area contributed by atoms with E-state index in [1.807, 2.05) is 41.4 Å². The van der Waals surface area contributed by atoms with E-state index >= 15 is 0 Å². The predicted octanol–water partition coefficient (Wildman–Crippen LogP) is 1.94. The Morgan fingerprint density at radius 1 is 1.12 bits per heavy atom. The van der Waals surface area contributed by atoms with E-state index in [0.717, 1.165) is 9.17 Å². The number of nitrogens with zero attached hydrogens (tertiary/aromatic N) is 2. The predicted molar refractivity (Wildman–Crippen MR) is 132 cm³/mol. The molecule has 1 atom stereocenters. The molecular formula is C25H30N2O5STe. The third-order valence-electron chi connectivity index (χ3n) is 5.76. The molecule has 0 N–H and O–H groups in total. The summed E-state index contributed by atoms with van der Waals surface area (Å²) in [5.41, 5.74) is 0.240. The SMILES string of the molecule is CCOC(=O)C1(CC(=O)N(C)C)CN(S(=O)(=O)c2ccc(C)cc2)C/C1=C\[Te]c1ccccc1. The van der Waals surface area contributed by atoms with Crippen LogP contribution < -0.4 is 3.61 Å². The molecule has 1 unspecified atom stereocenters. The number of esters is 1. The first-order valence-corrected chi connectivity index (χ1v) is 14.9. The van der Waals surface area contributed by atoms with Crippen molar-refractivity contribution in [3.8, 4) is 0 Å². The molecule has 1 saturated heterocycles. The summed E-state index contributed by atoms with van der Waals surface area (Å²) in [7, 11) is -0.626. The number of sulfonamides is 1. The Morgan fingerprint density at radius 3 is 2.35 bits per heavy atom. The van der Waals surface area contributed by atoms with Gasteiger partial charge in [0.1, 0.15) is 0 Å². The molecule has 1 amide bonds. The molecule has 1 aliphatic rings. The Kier molecular flexibility index (Phi) is 8.58. The molecule has 0 aromatic heterocycles. The molecule has 0 spiro atoms. The summed E-state index contributed by atoms with van der Waals surface area (Å²) in [6, 6.07) is 16.5. The van der Waals surface area contributed by atoms with E-state index in [2.05, 4.69) is 0 Å². The maximum atomic E-state index is 13.5. The first-order valence-electron chi connectivity index (χ1n) is 11.0. The van der Waals surface area contributed by atoms with Crippen LogP contribution in [0.1, 0.15) is 18.9 Å². The van der Waals surface area contributed by atoms with Crippen molar-refractivity contribution >= 4 is 46.4 Å². The molecule has 0 radical (unpaired) electrons. The number of aryl methyl sites for hydroxylation is 1. The van der Waals surface area contributed by atoms with Crippen molar-refractivity contribution in [1.29, 1.82) is 0 Å². The van der Waals surface area contributed by atoms with Crippen molar-refractivity contribution in [3.63, 3.8) is 0 Å². The van der Waals surface area contributed by atoms with Gasteiger partial charge in [0.25, 0.3) is 0 Å². The summed E-state index contributed by atoms with van der Waals surface area (Å²) in [5, 5.41) is 0. The summed E-state index contributed by atoms with van der Waals surface area (Å²) >= 11 is -0.866. The molecule has 0 saturated carbocycles. The molecule has 1 heterocycles. The fourth-order valence-electron chi connectivity index (χ4n) is 3.74. The van der Waals surface area contributed by atoms with Gasteiger partial charge in [-0.2, -0.15) is 0 Å². The van der Waals surface area contributed by atoms with Crippen molar-refractivity contribution in [2.24, 2.45) is 5.41 Å². The van der Waals surface area contributed by atoms with Crippen molar-refractivity contribution in [1.82, 2.24) is 9.21 Å². The van der Waals surface area contributed by atoms with E-state index in [1.54, 1.807) is 45.3 Å². The Bertz CT molecular complexity index is 1160. The molecule has 0 bridgehead atoms. The number of hydrogen-bond acceptors (Lipinski definition) is 5. The van der Waals surface area contributed by atoms with Crippen LogP contribution in [0.2, 0.25) is 0 Å². The van der Waals surface area contributed by atoms with Crippen LogP contribution in [0.5, 0.6) is 0 Å². The normalized spacial score (nSPS) is 19.8. The third kappa shape index (κ3) is 5.72. The van der Waals surface area contributed by atoms with Gasteiger partial charge in [0.15, 0.2) is 0 Å². The van der Waals surface area contributed by atoms with Crippen molar-refractivity contribution < 1.29 is 22.7 Å². The van der Waals surface area contributed by atoms with E-state index in [1.165, 1.54) is 9.21 Å². The second-order valence-corrected chi connectivity index (χ2v) is 13.1. The number of amides is 1. The molecule has 0 aliphatic carbocycles. The molecule has 2 aromatic carbocycles.